The van der Waals surface area contributed by atoms with Crippen LogP contribution in [0, 0.1) is 0 Å². The molecule has 0 aromatic rings. The van der Waals surface area contributed by atoms with E-state index in [2.05, 4.69) is 31.9 Å². The fourth-order valence-corrected chi connectivity index (χ4v) is 6.94. The molecule has 1 aliphatic heterocycles. The molecule has 16 heteroatoms. The lowest BCUT2D eigenvalue weighted by atomic mass is 9.95. The monoisotopic (exact) mass is 732 g/mol. The molecule has 0 radical (unpaired) electrons. The maximum atomic E-state index is 13.6. The van der Waals surface area contributed by atoms with Gasteiger partial charge in [-0.1, -0.05) is 78.1 Å². The molecule has 0 spiro atoms. The average Bonchev–Trinajstić information content (AvgIpc) is 3.14. The number of carbonyl (C=O) groups is 8. The molecule has 292 valence electrons. The highest BCUT2D eigenvalue weighted by atomic mass is 16.2. The highest BCUT2D eigenvalue weighted by Gasteiger charge is 2.34. The van der Waals surface area contributed by atoms with E-state index in [1.54, 1.807) is 0 Å². The minimum atomic E-state index is -0.990. The Kier molecular flexibility index (Phi) is 18.4. The zero-order valence-electron chi connectivity index (χ0n) is 31.0. The summed E-state index contributed by atoms with van der Waals surface area (Å²) in [5.74, 6) is -4.94. The van der Waals surface area contributed by atoms with Crippen LogP contribution in [0.5, 0.6) is 0 Å². The predicted octanol–water partition coefficient (Wildman–Crippen LogP) is 0.137. The summed E-state index contributed by atoms with van der Waals surface area (Å²) in [7, 11) is 0. The lowest BCUT2D eigenvalue weighted by Gasteiger charge is -2.33. The molecular weight excluding hydrogens is 672 g/mol. The zero-order chi connectivity index (χ0) is 37.9. The lowest BCUT2D eigenvalue weighted by molar-refractivity contribution is -0.145. The van der Waals surface area contributed by atoms with Crippen molar-refractivity contribution in [2.45, 2.75) is 141 Å². The molecule has 0 aromatic heterocycles. The summed E-state index contributed by atoms with van der Waals surface area (Å²) in [6, 6.07) is -2.05. The first-order chi connectivity index (χ1) is 25.0. The van der Waals surface area contributed by atoms with Crippen LogP contribution in [0.3, 0.4) is 0 Å². The van der Waals surface area contributed by atoms with Gasteiger partial charge in [-0.2, -0.15) is 0 Å². The molecule has 2 aliphatic carbocycles. The van der Waals surface area contributed by atoms with Gasteiger partial charge >= 0.3 is 0 Å². The Morgan fingerprint density at radius 1 is 0.558 bits per heavy atom. The molecule has 3 rings (SSSR count). The van der Waals surface area contributed by atoms with Gasteiger partial charge in [0, 0.05) is 12.1 Å². The SMILES string of the molecule is CCCCC(C(=O)NC1CCCCC1)N1CC(=O)NCC(=O)NCC(=O)N(C(CCCC)C(=O)NC2CCCCC2)CC(=O)NCC(=O)NCC1=O. The quantitative estimate of drug-likeness (QED) is 0.162. The van der Waals surface area contributed by atoms with Crippen molar-refractivity contribution in [3.05, 3.63) is 0 Å². The summed E-state index contributed by atoms with van der Waals surface area (Å²) in [5, 5.41) is 15.9. The number of amides is 8. The number of rotatable bonds is 12. The van der Waals surface area contributed by atoms with Crippen molar-refractivity contribution >= 4 is 47.3 Å². The Balaban J connectivity index is 1.78. The maximum absolute atomic E-state index is 13.6. The number of hydrogen-bond acceptors (Lipinski definition) is 8. The van der Waals surface area contributed by atoms with E-state index in [1.807, 2.05) is 13.8 Å². The van der Waals surface area contributed by atoms with E-state index in [-0.39, 0.29) is 36.7 Å². The number of carbonyl (C=O) groups excluding carboxylic acids is 8. The van der Waals surface area contributed by atoms with E-state index in [9.17, 15) is 38.4 Å². The molecule has 1 heterocycles. The highest BCUT2D eigenvalue weighted by Crippen LogP contribution is 2.20. The van der Waals surface area contributed by atoms with Crippen LogP contribution in [-0.2, 0) is 38.4 Å². The van der Waals surface area contributed by atoms with Crippen LogP contribution in [0.2, 0.25) is 0 Å². The largest absolute Gasteiger partial charge is 0.352 e. The summed E-state index contributed by atoms with van der Waals surface area (Å²) in [6.07, 6.45) is 12.7. The van der Waals surface area contributed by atoms with Crippen molar-refractivity contribution in [3.8, 4) is 0 Å². The fraction of sp³-hybridized carbons (Fsp3) is 0.778. The molecule has 0 bridgehead atoms. The minimum absolute atomic E-state index is 0.0337. The van der Waals surface area contributed by atoms with Crippen molar-refractivity contribution in [2.75, 3.05) is 39.3 Å². The van der Waals surface area contributed by atoms with Crippen LogP contribution in [-0.4, -0.2) is 120 Å². The van der Waals surface area contributed by atoms with Crippen LogP contribution in [0.4, 0.5) is 0 Å². The molecule has 3 aliphatic rings. The Labute approximate surface area is 307 Å². The second kappa shape index (κ2) is 22.6. The third-order valence-electron chi connectivity index (χ3n) is 9.96. The molecular formula is C36H60N8O8. The predicted molar refractivity (Wildman–Crippen MR) is 192 cm³/mol. The molecule has 2 unspecified atom stereocenters. The molecule has 2 atom stereocenters. The van der Waals surface area contributed by atoms with Gasteiger partial charge in [-0.15, -0.1) is 0 Å². The van der Waals surface area contributed by atoms with E-state index in [1.165, 1.54) is 0 Å². The van der Waals surface area contributed by atoms with Gasteiger partial charge in [0.1, 0.15) is 25.2 Å². The first kappa shape index (κ1) is 42.2. The van der Waals surface area contributed by atoms with E-state index in [0.717, 1.165) is 86.8 Å². The Bertz CT molecular complexity index is 1160. The van der Waals surface area contributed by atoms with E-state index in [4.69, 9.17) is 0 Å². The summed E-state index contributed by atoms with van der Waals surface area (Å²) in [5.41, 5.74) is 0. The summed E-state index contributed by atoms with van der Waals surface area (Å²) < 4.78 is 0. The van der Waals surface area contributed by atoms with Crippen LogP contribution < -0.4 is 31.9 Å². The van der Waals surface area contributed by atoms with Gasteiger partial charge in [-0.25, -0.2) is 0 Å². The van der Waals surface area contributed by atoms with Gasteiger partial charge < -0.3 is 41.7 Å². The third kappa shape index (κ3) is 14.4. The van der Waals surface area contributed by atoms with Gasteiger partial charge in [0.25, 0.3) is 0 Å². The average molecular weight is 733 g/mol. The van der Waals surface area contributed by atoms with Gasteiger partial charge in [-0.3, -0.25) is 38.4 Å². The Morgan fingerprint density at radius 2 is 0.904 bits per heavy atom. The van der Waals surface area contributed by atoms with Crippen molar-refractivity contribution in [3.63, 3.8) is 0 Å². The fourth-order valence-electron chi connectivity index (χ4n) is 6.94. The number of hydrogen-bond donors (Lipinski definition) is 6. The van der Waals surface area contributed by atoms with Gasteiger partial charge in [0.2, 0.25) is 47.3 Å². The molecule has 8 amide bonds. The molecule has 1 saturated heterocycles. The van der Waals surface area contributed by atoms with Crippen LogP contribution in [0.15, 0.2) is 0 Å². The van der Waals surface area contributed by atoms with Crippen LogP contribution >= 0.6 is 0 Å². The number of nitrogens with one attached hydrogen (secondary N) is 6. The summed E-state index contributed by atoms with van der Waals surface area (Å²) >= 11 is 0. The summed E-state index contributed by atoms with van der Waals surface area (Å²) in [6.45, 7) is 0.637. The topological polar surface area (TPSA) is 215 Å². The third-order valence-corrected chi connectivity index (χ3v) is 9.96. The number of nitrogens with zero attached hydrogens (tertiary/aromatic N) is 2. The first-order valence-corrected chi connectivity index (χ1v) is 19.3. The zero-order valence-corrected chi connectivity index (χ0v) is 31.0. The second-order valence-corrected chi connectivity index (χ2v) is 14.2. The van der Waals surface area contributed by atoms with Crippen molar-refractivity contribution in [1.29, 1.82) is 0 Å². The van der Waals surface area contributed by atoms with Crippen molar-refractivity contribution in [1.82, 2.24) is 41.7 Å². The molecule has 6 N–H and O–H groups in total. The van der Waals surface area contributed by atoms with Crippen LogP contribution in [0.1, 0.15) is 117 Å². The van der Waals surface area contributed by atoms with E-state index >= 15 is 0 Å². The van der Waals surface area contributed by atoms with E-state index < -0.39 is 86.8 Å². The molecule has 52 heavy (non-hydrogen) atoms. The lowest BCUT2D eigenvalue weighted by Crippen LogP contribution is -2.58. The van der Waals surface area contributed by atoms with Gasteiger partial charge in [0.05, 0.1) is 26.2 Å². The van der Waals surface area contributed by atoms with Crippen LogP contribution in [0.25, 0.3) is 0 Å². The van der Waals surface area contributed by atoms with Crippen molar-refractivity contribution < 1.29 is 38.4 Å². The molecule has 3 fully saturated rings. The van der Waals surface area contributed by atoms with E-state index in [0.29, 0.717) is 12.8 Å². The first-order valence-electron chi connectivity index (χ1n) is 19.3. The number of unbranched alkanes of at least 4 members (excludes halogenated alkanes) is 2. The van der Waals surface area contributed by atoms with Gasteiger partial charge in [-0.05, 0) is 38.5 Å². The smallest absolute Gasteiger partial charge is 0.243 e. The summed E-state index contributed by atoms with van der Waals surface area (Å²) in [4.78, 5) is 108. The molecule has 16 nitrogen and oxygen atoms in total. The molecule has 2 saturated carbocycles. The second-order valence-electron chi connectivity index (χ2n) is 14.2. The minimum Gasteiger partial charge on any atom is -0.352 e. The van der Waals surface area contributed by atoms with Crippen molar-refractivity contribution in [2.24, 2.45) is 0 Å². The highest BCUT2D eigenvalue weighted by molar-refractivity contribution is 5.96. The maximum Gasteiger partial charge on any atom is 0.243 e. The Hall–Kier alpha value is -4.24. The molecule has 0 aromatic carbocycles. The van der Waals surface area contributed by atoms with Gasteiger partial charge in [0.15, 0.2) is 0 Å². The standard InChI is InChI=1S/C36H60N8O8/c1-3-5-17-27(35(51)41-25-13-9-7-10-14-25)43-23-31(47)37-19-30(46)40-22-34(50)44(24-32(48)38-20-29(45)39-21-33(43)49)28(18-6-4-2)36(52)42-26-15-11-8-12-16-26/h25-28H,3-24H2,1-2H3,(H,37,47)(H,38,48)(H,39,45)(H,40,46)(H,41,51)(H,42,52). The Morgan fingerprint density at radius 3 is 1.25 bits per heavy atom. The normalized spacial score (nSPS) is 21.1.